The van der Waals surface area contributed by atoms with Gasteiger partial charge in [-0.2, -0.15) is 0 Å². The number of nitrogens with one attached hydrogen (secondary N) is 1. The zero-order chi connectivity index (χ0) is 15.2. The van der Waals surface area contributed by atoms with Gasteiger partial charge in [-0.3, -0.25) is 0 Å². The van der Waals surface area contributed by atoms with Gasteiger partial charge >= 0.3 is 0 Å². The molecular weight excluding hydrogens is 280 g/mol. The van der Waals surface area contributed by atoms with E-state index in [1.165, 1.54) is 11.1 Å². The first-order valence-electron chi connectivity index (χ1n) is 7.52. The van der Waals surface area contributed by atoms with E-state index in [0.717, 1.165) is 28.7 Å². The maximum atomic E-state index is 5.97. The van der Waals surface area contributed by atoms with Crippen LogP contribution >= 0.6 is 11.3 Å². The number of anilines is 1. The smallest absolute Gasteiger partial charge is 0.182 e. The predicted octanol–water partition coefficient (Wildman–Crippen LogP) is 4.98. The lowest BCUT2D eigenvalue weighted by molar-refractivity contribution is 0.307. The molecule has 1 aromatic carbocycles. The van der Waals surface area contributed by atoms with E-state index in [4.69, 9.17) is 4.74 Å². The first kappa shape index (κ1) is 15.8. The van der Waals surface area contributed by atoms with Crippen LogP contribution in [0.25, 0.3) is 0 Å². The Morgan fingerprint density at radius 2 is 2.14 bits per heavy atom. The fourth-order valence-corrected chi connectivity index (χ4v) is 2.72. The van der Waals surface area contributed by atoms with E-state index in [1.54, 1.807) is 11.3 Å². The lowest BCUT2D eigenvalue weighted by Gasteiger charge is -2.12. The van der Waals surface area contributed by atoms with E-state index in [1.807, 2.05) is 6.20 Å². The molecule has 21 heavy (non-hydrogen) atoms. The summed E-state index contributed by atoms with van der Waals surface area (Å²) in [6.07, 6.45) is 3.00. The first-order valence-corrected chi connectivity index (χ1v) is 8.33. The van der Waals surface area contributed by atoms with E-state index in [2.05, 4.69) is 56.2 Å². The van der Waals surface area contributed by atoms with Crippen LogP contribution in [-0.4, -0.2) is 11.5 Å². The molecule has 0 aliphatic rings. The van der Waals surface area contributed by atoms with Crippen LogP contribution in [0.4, 0.5) is 5.13 Å². The fourth-order valence-electron chi connectivity index (χ4n) is 1.97. The molecule has 0 spiro atoms. The Kier molecular flexibility index (Phi) is 5.62. The standard InChI is InChI=1S/C17H24N2OS/c1-5-8-18-17-19-10-15(21-17)11-20-16-9-14(12(2)3)7-6-13(16)4/h6-7,9-10,12H,5,8,11H2,1-4H3,(H,18,19). The van der Waals surface area contributed by atoms with Gasteiger partial charge in [0.2, 0.25) is 0 Å². The third kappa shape index (κ3) is 4.46. The summed E-state index contributed by atoms with van der Waals surface area (Å²) in [4.78, 5) is 5.50. The number of aromatic nitrogens is 1. The number of hydrogen-bond acceptors (Lipinski definition) is 4. The van der Waals surface area contributed by atoms with E-state index in [-0.39, 0.29) is 0 Å². The van der Waals surface area contributed by atoms with E-state index in [0.29, 0.717) is 12.5 Å². The second-order valence-electron chi connectivity index (χ2n) is 5.53. The Labute approximate surface area is 131 Å². The molecule has 0 fully saturated rings. The molecule has 1 N–H and O–H groups in total. The molecule has 4 heteroatoms. The third-order valence-electron chi connectivity index (χ3n) is 3.33. The second-order valence-corrected chi connectivity index (χ2v) is 6.64. The number of hydrogen-bond donors (Lipinski definition) is 1. The van der Waals surface area contributed by atoms with Gasteiger partial charge in [-0.05, 0) is 36.5 Å². The Balaban J connectivity index is 1.99. The first-order chi connectivity index (χ1) is 10.1. The summed E-state index contributed by atoms with van der Waals surface area (Å²) in [5, 5.41) is 4.28. The molecule has 0 radical (unpaired) electrons. The van der Waals surface area contributed by atoms with Crippen molar-refractivity contribution in [3.8, 4) is 5.75 Å². The normalized spacial score (nSPS) is 10.9. The molecule has 3 nitrogen and oxygen atoms in total. The van der Waals surface area contributed by atoms with Crippen LogP contribution in [0, 0.1) is 6.92 Å². The van der Waals surface area contributed by atoms with Crippen LogP contribution in [0.3, 0.4) is 0 Å². The highest BCUT2D eigenvalue weighted by atomic mass is 32.1. The average molecular weight is 304 g/mol. The Morgan fingerprint density at radius 1 is 1.33 bits per heavy atom. The Hall–Kier alpha value is -1.55. The summed E-state index contributed by atoms with van der Waals surface area (Å²) < 4.78 is 5.97. The lowest BCUT2D eigenvalue weighted by Crippen LogP contribution is -1.98. The van der Waals surface area contributed by atoms with Crippen molar-refractivity contribution in [2.24, 2.45) is 0 Å². The van der Waals surface area contributed by atoms with Crippen molar-refractivity contribution >= 4 is 16.5 Å². The van der Waals surface area contributed by atoms with Gasteiger partial charge < -0.3 is 10.1 Å². The highest BCUT2D eigenvalue weighted by Gasteiger charge is 2.07. The minimum absolute atomic E-state index is 0.515. The van der Waals surface area contributed by atoms with Gasteiger partial charge in [0.1, 0.15) is 12.4 Å². The topological polar surface area (TPSA) is 34.2 Å². The van der Waals surface area contributed by atoms with Crippen LogP contribution in [0.2, 0.25) is 0 Å². The van der Waals surface area contributed by atoms with Crippen LogP contribution < -0.4 is 10.1 Å². The summed E-state index contributed by atoms with van der Waals surface area (Å²) in [5.41, 5.74) is 2.48. The third-order valence-corrected chi connectivity index (χ3v) is 4.26. The van der Waals surface area contributed by atoms with Crippen LogP contribution in [0.1, 0.15) is 49.1 Å². The molecule has 0 saturated heterocycles. The summed E-state index contributed by atoms with van der Waals surface area (Å²) in [6, 6.07) is 6.45. The molecule has 1 heterocycles. The molecule has 0 aliphatic carbocycles. The van der Waals surface area contributed by atoms with Crippen molar-refractivity contribution in [1.29, 1.82) is 0 Å². The molecule has 114 valence electrons. The lowest BCUT2D eigenvalue weighted by atomic mass is 10.0. The van der Waals surface area contributed by atoms with Gasteiger partial charge in [0.05, 0.1) is 4.88 Å². The van der Waals surface area contributed by atoms with Crippen molar-refractivity contribution in [2.45, 2.75) is 46.6 Å². The van der Waals surface area contributed by atoms with Gasteiger partial charge in [-0.15, -0.1) is 0 Å². The van der Waals surface area contributed by atoms with Crippen molar-refractivity contribution in [1.82, 2.24) is 4.98 Å². The zero-order valence-electron chi connectivity index (χ0n) is 13.3. The molecular formula is C17H24N2OS. The molecule has 2 aromatic rings. The Bertz CT molecular complexity index is 578. The number of aryl methyl sites for hydroxylation is 1. The SMILES string of the molecule is CCCNc1ncc(COc2cc(C(C)C)ccc2C)s1. The van der Waals surface area contributed by atoms with Crippen LogP contribution in [-0.2, 0) is 6.61 Å². The summed E-state index contributed by atoms with van der Waals surface area (Å²) >= 11 is 1.66. The van der Waals surface area contributed by atoms with E-state index < -0.39 is 0 Å². The largest absolute Gasteiger partial charge is 0.488 e. The number of benzene rings is 1. The van der Waals surface area contributed by atoms with Crippen molar-refractivity contribution < 1.29 is 4.74 Å². The molecule has 0 amide bonds. The highest BCUT2D eigenvalue weighted by Crippen LogP contribution is 2.26. The highest BCUT2D eigenvalue weighted by molar-refractivity contribution is 7.15. The molecule has 1 aromatic heterocycles. The molecule has 2 rings (SSSR count). The second kappa shape index (κ2) is 7.46. The van der Waals surface area contributed by atoms with Gasteiger partial charge in [-0.1, -0.05) is 44.2 Å². The number of ether oxygens (including phenoxy) is 1. The zero-order valence-corrected chi connectivity index (χ0v) is 14.1. The minimum Gasteiger partial charge on any atom is -0.488 e. The van der Waals surface area contributed by atoms with Gasteiger partial charge in [0.15, 0.2) is 5.13 Å². The fraction of sp³-hybridized carbons (Fsp3) is 0.471. The monoisotopic (exact) mass is 304 g/mol. The summed E-state index contributed by atoms with van der Waals surface area (Å²) in [6.45, 7) is 10.2. The van der Waals surface area contributed by atoms with Crippen LogP contribution in [0.5, 0.6) is 5.75 Å². The number of nitrogens with zero attached hydrogens (tertiary/aromatic N) is 1. The minimum atomic E-state index is 0.515. The van der Waals surface area contributed by atoms with Crippen LogP contribution in [0.15, 0.2) is 24.4 Å². The molecule has 0 aliphatic heterocycles. The van der Waals surface area contributed by atoms with Crippen molar-refractivity contribution in [2.75, 3.05) is 11.9 Å². The summed E-state index contributed by atoms with van der Waals surface area (Å²) in [5.74, 6) is 1.49. The molecule has 0 unspecified atom stereocenters. The quantitative estimate of drug-likeness (QED) is 0.783. The maximum Gasteiger partial charge on any atom is 0.182 e. The van der Waals surface area contributed by atoms with Gasteiger partial charge in [0.25, 0.3) is 0 Å². The maximum absolute atomic E-state index is 5.97. The average Bonchev–Trinajstić information content (AvgIpc) is 2.92. The van der Waals surface area contributed by atoms with Gasteiger partial charge in [-0.25, -0.2) is 4.98 Å². The van der Waals surface area contributed by atoms with E-state index in [9.17, 15) is 0 Å². The van der Waals surface area contributed by atoms with Gasteiger partial charge in [0, 0.05) is 12.7 Å². The van der Waals surface area contributed by atoms with E-state index >= 15 is 0 Å². The van der Waals surface area contributed by atoms with Crippen molar-refractivity contribution in [3.05, 3.63) is 40.4 Å². The number of thiazole rings is 1. The predicted molar refractivity (Wildman–Crippen MR) is 90.5 cm³/mol. The molecule has 0 bridgehead atoms. The molecule has 0 saturated carbocycles. The summed E-state index contributed by atoms with van der Waals surface area (Å²) in [7, 11) is 0. The Morgan fingerprint density at radius 3 is 2.86 bits per heavy atom. The van der Waals surface area contributed by atoms with Crippen molar-refractivity contribution in [3.63, 3.8) is 0 Å². The molecule has 0 atom stereocenters. The number of rotatable bonds is 7.